The van der Waals surface area contributed by atoms with Crippen molar-refractivity contribution in [2.75, 3.05) is 4.90 Å². The molecule has 3 nitrogen and oxygen atoms in total. The lowest BCUT2D eigenvalue weighted by Crippen LogP contribution is -2.13. The zero-order valence-corrected chi connectivity index (χ0v) is 29.9. The molecular formula is C52H34N2O. The molecule has 0 aliphatic carbocycles. The number of para-hydroxylation sites is 4. The van der Waals surface area contributed by atoms with Crippen molar-refractivity contribution >= 4 is 71.6 Å². The van der Waals surface area contributed by atoms with Crippen LogP contribution in [0.5, 0.6) is 0 Å². The van der Waals surface area contributed by atoms with Crippen LogP contribution in [0.3, 0.4) is 0 Å². The highest BCUT2D eigenvalue weighted by atomic mass is 16.3. The van der Waals surface area contributed by atoms with E-state index in [0.717, 1.165) is 66.8 Å². The molecule has 0 aliphatic heterocycles. The summed E-state index contributed by atoms with van der Waals surface area (Å²) in [5.41, 5.74) is 13.1. The van der Waals surface area contributed by atoms with E-state index in [1.54, 1.807) is 0 Å². The van der Waals surface area contributed by atoms with E-state index >= 15 is 0 Å². The Hall–Kier alpha value is -7.36. The average molecular weight is 703 g/mol. The molecule has 0 spiro atoms. The molecule has 0 atom stereocenters. The number of hydrogen-bond acceptors (Lipinski definition) is 2. The molecular weight excluding hydrogens is 669 g/mol. The first-order valence-corrected chi connectivity index (χ1v) is 18.8. The van der Waals surface area contributed by atoms with Gasteiger partial charge in [0, 0.05) is 38.3 Å². The number of furan rings is 1. The zero-order chi connectivity index (χ0) is 36.3. The molecule has 0 amide bonds. The third-order valence-electron chi connectivity index (χ3n) is 11.0. The van der Waals surface area contributed by atoms with E-state index in [2.05, 4.69) is 216 Å². The Bertz CT molecular complexity index is 3170. The summed E-state index contributed by atoms with van der Waals surface area (Å²) in [5.74, 6) is 0. The van der Waals surface area contributed by atoms with Gasteiger partial charge in [-0.25, -0.2) is 0 Å². The third kappa shape index (κ3) is 5.05. The van der Waals surface area contributed by atoms with E-state index in [1.165, 1.54) is 32.8 Å². The van der Waals surface area contributed by atoms with Crippen LogP contribution >= 0.6 is 0 Å². The number of aromatic nitrogens is 1. The van der Waals surface area contributed by atoms with Crippen LogP contribution in [0.4, 0.5) is 17.1 Å². The molecule has 0 radical (unpaired) electrons. The maximum atomic E-state index is 6.61. The maximum absolute atomic E-state index is 6.61. The summed E-state index contributed by atoms with van der Waals surface area (Å²) < 4.78 is 9.03. The van der Waals surface area contributed by atoms with E-state index < -0.39 is 0 Å². The van der Waals surface area contributed by atoms with Gasteiger partial charge in [0.25, 0.3) is 0 Å². The molecule has 3 heteroatoms. The van der Waals surface area contributed by atoms with Gasteiger partial charge in [0.15, 0.2) is 0 Å². The number of fused-ring (bicyclic) bond motifs is 8. The second-order valence-electron chi connectivity index (χ2n) is 14.1. The molecule has 0 bridgehead atoms. The first kappa shape index (κ1) is 31.2. The summed E-state index contributed by atoms with van der Waals surface area (Å²) in [6.07, 6.45) is 0. The van der Waals surface area contributed by atoms with Gasteiger partial charge in [-0.15, -0.1) is 0 Å². The van der Waals surface area contributed by atoms with Crippen molar-refractivity contribution in [2.45, 2.75) is 0 Å². The Kier molecular flexibility index (Phi) is 7.17. The minimum atomic E-state index is 0.887. The Morgan fingerprint density at radius 3 is 1.78 bits per heavy atom. The molecule has 0 saturated heterocycles. The van der Waals surface area contributed by atoms with Crippen LogP contribution in [0.2, 0.25) is 0 Å². The first-order valence-electron chi connectivity index (χ1n) is 18.8. The second-order valence-corrected chi connectivity index (χ2v) is 14.1. The zero-order valence-electron chi connectivity index (χ0n) is 29.9. The molecule has 258 valence electrons. The molecule has 2 heterocycles. The monoisotopic (exact) mass is 702 g/mol. The van der Waals surface area contributed by atoms with Crippen LogP contribution in [0.1, 0.15) is 0 Å². The van der Waals surface area contributed by atoms with Gasteiger partial charge in [0.1, 0.15) is 11.2 Å². The van der Waals surface area contributed by atoms with Crippen LogP contribution < -0.4 is 4.90 Å². The minimum absolute atomic E-state index is 0.887. The van der Waals surface area contributed by atoms with Crippen molar-refractivity contribution in [3.8, 4) is 27.9 Å². The summed E-state index contributed by atoms with van der Waals surface area (Å²) in [6, 6.07) is 73.9. The maximum Gasteiger partial charge on any atom is 0.143 e. The minimum Gasteiger partial charge on any atom is -0.455 e. The molecule has 0 aliphatic rings. The molecule has 9 aromatic carbocycles. The summed E-state index contributed by atoms with van der Waals surface area (Å²) in [7, 11) is 0. The van der Waals surface area contributed by atoms with E-state index in [-0.39, 0.29) is 0 Å². The molecule has 11 aromatic rings. The van der Waals surface area contributed by atoms with Crippen LogP contribution in [0.25, 0.3) is 82.5 Å². The number of benzene rings is 9. The van der Waals surface area contributed by atoms with Crippen molar-refractivity contribution in [3.05, 3.63) is 206 Å². The molecule has 0 unspecified atom stereocenters. The van der Waals surface area contributed by atoms with Crippen LogP contribution in [-0.2, 0) is 0 Å². The van der Waals surface area contributed by atoms with Crippen molar-refractivity contribution < 1.29 is 4.42 Å². The fourth-order valence-corrected chi connectivity index (χ4v) is 8.51. The van der Waals surface area contributed by atoms with E-state index in [1.807, 2.05) is 0 Å². The lowest BCUT2D eigenvalue weighted by Gasteiger charge is -2.29. The van der Waals surface area contributed by atoms with E-state index in [4.69, 9.17) is 4.42 Å². The number of anilines is 3. The van der Waals surface area contributed by atoms with Gasteiger partial charge in [-0.2, -0.15) is 0 Å². The molecule has 11 rings (SSSR count). The van der Waals surface area contributed by atoms with Gasteiger partial charge in [-0.1, -0.05) is 146 Å². The Labute approximate surface area is 318 Å². The highest BCUT2D eigenvalue weighted by Gasteiger charge is 2.22. The van der Waals surface area contributed by atoms with Crippen LogP contribution in [-0.4, -0.2) is 4.57 Å². The average Bonchev–Trinajstić information content (AvgIpc) is 3.81. The van der Waals surface area contributed by atoms with Crippen LogP contribution in [0, 0.1) is 0 Å². The normalized spacial score (nSPS) is 11.6. The summed E-state index contributed by atoms with van der Waals surface area (Å²) >= 11 is 0. The summed E-state index contributed by atoms with van der Waals surface area (Å²) in [6.45, 7) is 0. The Morgan fingerprint density at radius 1 is 0.400 bits per heavy atom. The van der Waals surface area contributed by atoms with Gasteiger partial charge in [0.05, 0.1) is 22.4 Å². The molecule has 2 aromatic heterocycles. The Balaban J connectivity index is 1.16. The molecule has 0 N–H and O–H groups in total. The standard InChI is InChI=1S/C52H34N2O/c1-2-15-35(16-3-1)37-18-12-20-39(33-37)53(48-28-10-11-29-49(48)54-46-26-8-6-23-43(46)44-24-7-9-27-47(44)54)40-21-13-19-38(34-40)41-25-14-30-50-51(41)45-32-31-36-17-4-5-22-42(36)52(45)55-50/h1-34H. The lowest BCUT2D eigenvalue weighted by atomic mass is 9.97. The smallest absolute Gasteiger partial charge is 0.143 e. The van der Waals surface area contributed by atoms with Crippen molar-refractivity contribution in [3.63, 3.8) is 0 Å². The van der Waals surface area contributed by atoms with Gasteiger partial charge < -0.3 is 13.9 Å². The number of rotatable bonds is 6. The number of hydrogen-bond donors (Lipinski definition) is 0. The second kappa shape index (κ2) is 12.6. The van der Waals surface area contributed by atoms with Gasteiger partial charge in [-0.3, -0.25) is 0 Å². The largest absolute Gasteiger partial charge is 0.455 e. The highest BCUT2D eigenvalue weighted by molar-refractivity contribution is 6.19. The predicted octanol–water partition coefficient (Wildman–Crippen LogP) is 14.6. The molecule has 0 fully saturated rings. The van der Waals surface area contributed by atoms with Gasteiger partial charge in [-0.05, 0) is 88.3 Å². The fraction of sp³-hybridized carbons (Fsp3) is 0. The van der Waals surface area contributed by atoms with E-state index in [9.17, 15) is 0 Å². The quantitative estimate of drug-likeness (QED) is 0.172. The third-order valence-corrected chi connectivity index (χ3v) is 11.0. The van der Waals surface area contributed by atoms with Gasteiger partial charge >= 0.3 is 0 Å². The fourth-order valence-electron chi connectivity index (χ4n) is 8.51. The number of nitrogens with zero attached hydrogens (tertiary/aromatic N) is 2. The SMILES string of the molecule is c1ccc(-c2cccc(N(c3cccc(-c4cccc5oc6c7ccccc7ccc6c45)c3)c3ccccc3-n3c4ccccc4c4ccccc43)c2)cc1. The Morgan fingerprint density at radius 2 is 1.00 bits per heavy atom. The van der Waals surface area contributed by atoms with Crippen molar-refractivity contribution in [2.24, 2.45) is 0 Å². The molecule has 55 heavy (non-hydrogen) atoms. The van der Waals surface area contributed by atoms with Crippen molar-refractivity contribution in [1.29, 1.82) is 0 Å². The van der Waals surface area contributed by atoms with Crippen LogP contribution in [0.15, 0.2) is 211 Å². The first-order chi connectivity index (χ1) is 27.3. The molecule has 0 saturated carbocycles. The lowest BCUT2D eigenvalue weighted by molar-refractivity contribution is 0.673. The van der Waals surface area contributed by atoms with E-state index in [0.29, 0.717) is 0 Å². The highest BCUT2D eigenvalue weighted by Crippen LogP contribution is 2.45. The van der Waals surface area contributed by atoms with Crippen molar-refractivity contribution in [1.82, 2.24) is 4.57 Å². The summed E-state index contributed by atoms with van der Waals surface area (Å²) in [4.78, 5) is 2.41. The summed E-state index contributed by atoms with van der Waals surface area (Å²) in [5, 5.41) is 7.03. The topological polar surface area (TPSA) is 21.3 Å². The predicted molar refractivity (Wildman–Crippen MR) is 231 cm³/mol. The van der Waals surface area contributed by atoms with Gasteiger partial charge in [0.2, 0.25) is 0 Å².